The van der Waals surface area contributed by atoms with Gasteiger partial charge in [-0.3, -0.25) is 29.1 Å². The number of urea groups is 1. The number of nitrogens with zero attached hydrogens (tertiary/aromatic N) is 3. The lowest BCUT2D eigenvalue weighted by Crippen LogP contribution is -2.71. The van der Waals surface area contributed by atoms with E-state index in [-0.39, 0.29) is 19.0 Å². The number of amides is 6. The molecular weight excluding hydrogens is 510 g/mol. The fourth-order valence-corrected chi connectivity index (χ4v) is 6.55. The zero-order valence-electron chi connectivity index (χ0n) is 22.8. The molecule has 2 aromatic rings. The highest BCUT2D eigenvalue weighted by Crippen LogP contribution is 2.53. The minimum Gasteiger partial charge on any atom is -0.350 e. The second-order valence-corrected chi connectivity index (χ2v) is 10.7. The van der Waals surface area contributed by atoms with Crippen molar-refractivity contribution in [2.75, 3.05) is 7.05 Å². The fraction of sp³-hybridized carbons (Fsp3) is 0.400. The van der Waals surface area contributed by atoms with E-state index >= 15 is 0 Å². The third-order valence-corrected chi connectivity index (χ3v) is 8.53. The van der Waals surface area contributed by atoms with Gasteiger partial charge >= 0.3 is 6.03 Å². The third-order valence-electron chi connectivity index (χ3n) is 8.53. The Balaban J connectivity index is 1.59. The van der Waals surface area contributed by atoms with Gasteiger partial charge in [0.25, 0.3) is 5.91 Å². The molecule has 40 heavy (non-hydrogen) atoms. The van der Waals surface area contributed by atoms with Crippen LogP contribution in [-0.4, -0.2) is 57.0 Å². The number of carbonyl (C=O) groups excluding carboxylic acids is 5. The molecule has 1 aromatic carbocycles. The van der Waals surface area contributed by atoms with Crippen molar-refractivity contribution in [3.05, 3.63) is 77.1 Å². The first-order chi connectivity index (χ1) is 19.2. The monoisotopic (exact) mass is 543 g/mol. The number of likely N-dealkylation sites (tertiary alicyclic amines) is 1. The number of nitrogens with one attached hydrogen (secondary N) is 2. The fourth-order valence-electron chi connectivity index (χ4n) is 6.55. The lowest BCUT2D eigenvalue weighted by atomic mass is 9.59. The van der Waals surface area contributed by atoms with Crippen LogP contribution < -0.4 is 10.6 Å². The Labute approximate surface area is 232 Å². The zero-order valence-corrected chi connectivity index (χ0v) is 22.8. The van der Waals surface area contributed by atoms with E-state index < -0.39 is 47.0 Å². The summed E-state index contributed by atoms with van der Waals surface area (Å²) in [6.45, 7) is 3.57. The lowest BCUT2D eigenvalue weighted by molar-refractivity contribution is -0.150. The van der Waals surface area contributed by atoms with E-state index in [0.29, 0.717) is 36.1 Å². The Morgan fingerprint density at radius 2 is 1.73 bits per heavy atom. The Hall–Kier alpha value is -4.34. The standard InChI is InChI=1S/C30H33N5O5/c1-4-20-21-13-14-22-23(27(38)34(3)25(22)36)24(21)30(2,28(39)32-16-18-10-6-5-7-11-18)35(26(20)37)29(40)33-17-19-12-8-9-15-31-19/h5-12,15,22-24H,4,13-14,16-17H2,1-3H3,(H,32,39)(H,33,40)/t22-,23-,24+,30+/m1/s1. The maximum Gasteiger partial charge on any atom is 0.325 e. The van der Waals surface area contributed by atoms with Crippen molar-refractivity contribution in [1.29, 1.82) is 0 Å². The molecule has 2 fully saturated rings. The van der Waals surface area contributed by atoms with E-state index in [1.165, 1.54) is 7.05 Å². The van der Waals surface area contributed by atoms with Crippen LogP contribution in [0.1, 0.15) is 44.4 Å². The average molecular weight is 544 g/mol. The molecule has 0 radical (unpaired) electrons. The van der Waals surface area contributed by atoms with Gasteiger partial charge in [0.1, 0.15) is 5.54 Å². The molecule has 0 spiro atoms. The molecule has 208 valence electrons. The molecule has 0 bridgehead atoms. The van der Waals surface area contributed by atoms with Crippen molar-refractivity contribution in [2.24, 2.45) is 17.8 Å². The van der Waals surface area contributed by atoms with Gasteiger partial charge in [-0.15, -0.1) is 0 Å². The molecule has 1 aromatic heterocycles. The Morgan fingerprint density at radius 3 is 2.40 bits per heavy atom. The van der Waals surface area contributed by atoms with Gasteiger partial charge in [0, 0.05) is 31.3 Å². The number of hydrogen-bond donors (Lipinski definition) is 2. The molecule has 3 heterocycles. The van der Waals surface area contributed by atoms with Gasteiger partial charge in [-0.05, 0) is 43.9 Å². The quantitative estimate of drug-likeness (QED) is 0.539. The van der Waals surface area contributed by atoms with Crippen molar-refractivity contribution >= 4 is 29.7 Å². The number of imide groups is 2. The third kappa shape index (κ3) is 4.37. The number of hydrogen-bond acceptors (Lipinski definition) is 6. The SMILES string of the molecule is CCC1=C2CC[C@H]3C(=O)N(C)C(=O)[C@H]3[C@H]2[C@@](C)(C(=O)NCc2ccccc2)N(C(=O)NCc2ccccn2)C1=O. The topological polar surface area (TPSA) is 129 Å². The summed E-state index contributed by atoms with van der Waals surface area (Å²) in [7, 11) is 1.45. The molecular formula is C30H33N5O5. The Morgan fingerprint density at radius 1 is 1.00 bits per heavy atom. The predicted octanol–water partition coefficient (Wildman–Crippen LogP) is 2.56. The molecule has 1 aliphatic carbocycles. The normalized spacial score (nSPS) is 26.0. The molecule has 5 rings (SSSR count). The highest BCUT2D eigenvalue weighted by atomic mass is 16.2. The molecule has 2 aliphatic heterocycles. The van der Waals surface area contributed by atoms with E-state index in [0.717, 1.165) is 15.4 Å². The molecule has 0 unspecified atom stereocenters. The van der Waals surface area contributed by atoms with E-state index in [9.17, 15) is 24.0 Å². The average Bonchev–Trinajstić information content (AvgIpc) is 3.19. The molecule has 2 N–H and O–H groups in total. The van der Waals surface area contributed by atoms with Crippen LogP contribution in [0.25, 0.3) is 0 Å². The van der Waals surface area contributed by atoms with Crippen molar-refractivity contribution in [3.63, 3.8) is 0 Å². The summed E-state index contributed by atoms with van der Waals surface area (Å²) in [5, 5.41) is 5.66. The summed E-state index contributed by atoms with van der Waals surface area (Å²) in [5.74, 6) is -4.11. The van der Waals surface area contributed by atoms with Crippen LogP contribution in [0.4, 0.5) is 4.79 Å². The van der Waals surface area contributed by atoms with Gasteiger partial charge in [-0.1, -0.05) is 48.9 Å². The molecule has 10 nitrogen and oxygen atoms in total. The number of aromatic nitrogens is 1. The summed E-state index contributed by atoms with van der Waals surface area (Å²) >= 11 is 0. The smallest absolute Gasteiger partial charge is 0.325 e. The van der Waals surface area contributed by atoms with Crippen molar-refractivity contribution in [1.82, 2.24) is 25.4 Å². The van der Waals surface area contributed by atoms with Crippen LogP contribution in [0.3, 0.4) is 0 Å². The van der Waals surface area contributed by atoms with Crippen LogP contribution >= 0.6 is 0 Å². The minimum absolute atomic E-state index is 0.0417. The lowest BCUT2D eigenvalue weighted by Gasteiger charge is -2.52. The first-order valence-electron chi connectivity index (χ1n) is 13.6. The first kappa shape index (κ1) is 27.2. The maximum atomic E-state index is 14.2. The largest absolute Gasteiger partial charge is 0.350 e. The molecule has 10 heteroatoms. The van der Waals surface area contributed by atoms with Crippen molar-refractivity contribution in [2.45, 2.75) is 51.7 Å². The van der Waals surface area contributed by atoms with Gasteiger partial charge in [-0.25, -0.2) is 9.69 Å². The van der Waals surface area contributed by atoms with E-state index in [4.69, 9.17) is 0 Å². The Kier molecular flexibility index (Phi) is 7.27. The van der Waals surface area contributed by atoms with Gasteiger partial charge in [-0.2, -0.15) is 0 Å². The number of benzene rings is 1. The molecule has 1 saturated carbocycles. The molecule has 4 atom stereocenters. The second kappa shape index (κ2) is 10.7. The molecule has 6 amide bonds. The molecule has 1 saturated heterocycles. The summed E-state index contributed by atoms with van der Waals surface area (Å²) < 4.78 is 0. The van der Waals surface area contributed by atoms with E-state index in [1.54, 1.807) is 31.3 Å². The molecule has 3 aliphatic rings. The van der Waals surface area contributed by atoms with E-state index in [1.807, 2.05) is 37.3 Å². The van der Waals surface area contributed by atoms with Crippen molar-refractivity contribution in [3.8, 4) is 0 Å². The van der Waals surface area contributed by atoms with Crippen LogP contribution in [0.2, 0.25) is 0 Å². The number of rotatable bonds is 6. The summed E-state index contributed by atoms with van der Waals surface area (Å²) in [6, 6.07) is 13.8. The number of carbonyl (C=O) groups is 5. The minimum atomic E-state index is -1.77. The number of fused-ring (bicyclic) bond motifs is 3. The van der Waals surface area contributed by atoms with Crippen LogP contribution in [-0.2, 0) is 32.3 Å². The van der Waals surface area contributed by atoms with Gasteiger partial charge in [0.15, 0.2) is 0 Å². The van der Waals surface area contributed by atoms with Gasteiger partial charge < -0.3 is 10.6 Å². The second-order valence-electron chi connectivity index (χ2n) is 10.7. The summed E-state index contributed by atoms with van der Waals surface area (Å²) in [6.07, 6.45) is 2.74. The van der Waals surface area contributed by atoms with Crippen LogP contribution in [0.15, 0.2) is 65.9 Å². The number of pyridine rings is 1. The predicted molar refractivity (Wildman–Crippen MR) is 145 cm³/mol. The highest BCUT2D eigenvalue weighted by molar-refractivity contribution is 6.12. The maximum absolute atomic E-state index is 14.2. The highest BCUT2D eigenvalue weighted by Gasteiger charge is 2.65. The van der Waals surface area contributed by atoms with E-state index in [2.05, 4.69) is 15.6 Å². The van der Waals surface area contributed by atoms with Gasteiger partial charge in [0.2, 0.25) is 17.7 Å². The van der Waals surface area contributed by atoms with Crippen LogP contribution in [0.5, 0.6) is 0 Å². The van der Waals surface area contributed by atoms with Gasteiger partial charge in [0.05, 0.1) is 24.1 Å². The summed E-state index contributed by atoms with van der Waals surface area (Å²) in [4.78, 5) is 74.9. The summed E-state index contributed by atoms with van der Waals surface area (Å²) in [5.41, 5.74) is 0.763. The van der Waals surface area contributed by atoms with Crippen LogP contribution in [0, 0.1) is 17.8 Å². The first-order valence-corrected chi connectivity index (χ1v) is 13.6. The Bertz CT molecular complexity index is 1390. The zero-order chi connectivity index (χ0) is 28.6. The van der Waals surface area contributed by atoms with Crippen molar-refractivity contribution < 1.29 is 24.0 Å².